The second-order valence-electron chi connectivity index (χ2n) is 4.55. The molecule has 1 heterocycles. The third kappa shape index (κ3) is 3.16. The highest BCUT2D eigenvalue weighted by Gasteiger charge is 2.40. The predicted octanol–water partition coefficient (Wildman–Crippen LogP) is 2.72. The molecule has 0 aliphatic heterocycles. The highest BCUT2D eigenvalue weighted by atomic mass is 35.5. The van der Waals surface area contributed by atoms with Gasteiger partial charge in [0.1, 0.15) is 5.82 Å². The standard InChI is InChI=1S/C12H16ClFN2/c13-4-3-12(1-2-12)9-16-7-10-5-11(14)8-15-6-10/h5-6,8,16H,1-4,7,9H2. The molecule has 4 heteroatoms. The molecular formula is C12H16ClFN2. The van der Waals surface area contributed by atoms with Crippen LogP contribution in [0.25, 0.3) is 0 Å². The van der Waals surface area contributed by atoms with Gasteiger partial charge in [-0.15, -0.1) is 11.6 Å². The molecular weight excluding hydrogens is 227 g/mol. The zero-order chi connectivity index (χ0) is 11.4. The molecule has 2 nitrogen and oxygen atoms in total. The Morgan fingerprint density at radius 2 is 2.25 bits per heavy atom. The number of nitrogens with zero attached hydrogens (tertiary/aromatic N) is 1. The van der Waals surface area contributed by atoms with Gasteiger partial charge < -0.3 is 5.32 Å². The topological polar surface area (TPSA) is 24.9 Å². The molecule has 88 valence electrons. The highest BCUT2D eigenvalue weighted by molar-refractivity contribution is 6.17. The Labute approximate surface area is 100 Å². The van der Waals surface area contributed by atoms with Crippen molar-refractivity contribution in [3.8, 4) is 0 Å². The summed E-state index contributed by atoms with van der Waals surface area (Å²) >= 11 is 5.76. The number of pyridine rings is 1. The lowest BCUT2D eigenvalue weighted by Crippen LogP contribution is -2.24. The monoisotopic (exact) mass is 242 g/mol. The molecule has 0 spiro atoms. The number of hydrogen-bond donors (Lipinski definition) is 1. The fourth-order valence-electron chi connectivity index (χ4n) is 1.92. The smallest absolute Gasteiger partial charge is 0.141 e. The lowest BCUT2D eigenvalue weighted by Gasteiger charge is -2.14. The van der Waals surface area contributed by atoms with Crippen LogP contribution in [0.5, 0.6) is 0 Å². The summed E-state index contributed by atoms with van der Waals surface area (Å²) in [6.07, 6.45) is 6.50. The molecule has 1 saturated carbocycles. The molecule has 1 N–H and O–H groups in total. The van der Waals surface area contributed by atoms with Crippen molar-refractivity contribution >= 4 is 11.6 Å². The predicted molar refractivity (Wildman–Crippen MR) is 62.9 cm³/mol. The molecule has 1 aliphatic rings. The number of alkyl halides is 1. The number of halogens is 2. The van der Waals surface area contributed by atoms with Gasteiger partial charge in [-0.3, -0.25) is 4.98 Å². The van der Waals surface area contributed by atoms with Crippen molar-refractivity contribution in [2.24, 2.45) is 5.41 Å². The Hall–Kier alpha value is -0.670. The first-order valence-electron chi connectivity index (χ1n) is 5.60. The quantitative estimate of drug-likeness (QED) is 0.776. The highest BCUT2D eigenvalue weighted by Crippen LogP contribution is 2.48. The molecule has 2 rings (SSSR count). The van der Waals surface area contributed by atoms with Crippen LogP contribution in [0.15, 0.2) is 18.5 Å². The van der Waals surface area contributed by atoms with Crippen LogP contribution in [0.3, 0.4) is 0 Å². The summed E-state index contributed by atoms with van der Waals surface area (Å²) in [7, 11) is 0. The van der Waals surface area contributed by atoms with E-state index in [1.54, 1.807) is 6.20 Å². The third-order valence-electron chi connectivity index (χ3n) is 3.17. The van der Waals surface area contributed by atoms with Crippen molar-refractivity contribution in [2.75, 3.05) is 12.4 Å². The van der Waals surface area contributed by atoms with E-state index in [1.807, 2.05) is 0 Å². The van der Waals surface area contributed by atoms with Crippen LogP contribution in [0.4, 0.5) is 4.39 Å². The fourth-order valence-corrected chi connectivity index (χ4v) is 2.32. The van der Waals surface area contributed by atoms with Gasteiger partial charge in [0.15, 0.2) is 0 Å². The van der Waals surface area contributed by atoms with Gasteiger partial charge in [0.05, 0.1) is 6.20 Å². The van der Waals surface area contributed by atoms with E-state index in [-0.39, 0.29) is 5.82 Å². The number of aromatic nitrogens is 1. The maximum Gasteiger partial charge on any atom is 0.141 e. The van der Waals surface area contributed by atoms with E-state index >= 15 is 0 Å². The van der Waals surface area contributed by atoms with Gasteiger partial charge in [-0.1, -0.05) is 0 Å². The third-order valence-corrected chi connectivity index (χ3v) is 3.36. The Balaban J connectivity index is 1.76. The van der Waals surface area contributed by atoms with E-state index in [0.29, 0.717) is 12.0 Å². The average molecular weight is 243 g/mol. The van der Waals surface area contributed by atoms with Crippen LogP contribution in [0, 0.1) is 11.2 Å². The molecule has 1 aromatic heterocycles. The van der Waals surface area contributed by atoms with Crippen molar-refractivity contribution in [1.29, 1.82) is 0 Å². The van der Waals surface area contributed by atoms with Gasteiger partial charge in [-0.05, 0) is 36.3 Å². The van der Waals surface area contributed by atoms with Gasteiger partial charge in [0, 0.05) is 25.2 Å². The summed E-state index contributed by atoms with van der Waals surface area (Å²) in [4.78, 5) is 3.82. The Bertz CT molecular complexity index is 353. The van der Waals surface area contributed by atoms with E-state index in [9.17, 15) is 4.39 Å². The van der Waals surface area contributed by atoms with Crippen LogP contribution in [0.1, 0.15) is 24.8 Å². The van der Waals surface area contributed by atoms with Crippen molar-refractivity contribution in [3.05, 3.63) is 29.8 Å². The minimum absolute atomic E-state index is 0.277. The summed E-state index contributed by atoms with van der Waals surface area (Å²) in [5.74, 6) is 0.449. The molecule has 1 aliphatic carbocycles. The maximum absolute atomic E-state index is 12.9. The molecule has 1 aromatic rings. The maximum atomic E-state index is 12.9. The molecule has 1 fully saturated rings. The molecule has 0 bridgehead atoms. The fraction of sp³-hybridized carbons (Fsp3) is 0.583. The first kappa shape index (κ1) is 11.8. The van der Waals surface area contributed by atoms with Crippen molar-refractivity contribution in [2.45, 2.75) is 25.8 Å². The molecule has 0 amide bonds. The Morgan fingerprint density at radius 3 is 2.88 bits per heavy atom. The van der Waals surface area contributed by atoms with Gasteiger partial charge >= 0.3 is 0 Å². The van der Waals surface area contributed by atoms with Crippen molar-refractivity contribution in [1.82, 2.24) is 10.3 Å². The Kier molecular flexibility index (Phi) is 3.77. The normalized spacial score (nSPS) is 17.4. The average Bonchev–Trinajstić information content (AvgIpc) is 2.99. The van der Waals surface area contributed by atoms with Crippen LogP contribution >= 0.6 is 11.6 Å². The van der Waals surface area contributed by atoms with Crippen LogP contribution < -0.4 is 5.32 Å². The summed E-state index contributed by atoms with van der Waals surface area (Å²) in [5, 5.41) is 3.35. The first-order chi connectivity index (χ1) is 7.74. The van der Waals surface area contributed by atoms with Crippen molar-refractivity contribution in [3.63, 3.8) is 0 Å². The largest absolute Gasteiger partial charge is 0.312 e. The van der Waals surface area contributed by atoms with Crippen LogP contribution in [0.2, 0.25) is 0 Å². The Morgan fingerprint density at radius 1 is 1.44 bits per heavy atom. The molecule has 16 heavy (non-hydrogen) atoms. The lowest BCUT2D eigenvalue weighted by atomic mass is 10.0. The zero-order valence-electron chi connectivity index (χ0n) is 9.18. The van der Waals surface area contributed by atoms with E-state index in [0.717, 1.165) is 24.4 Å². The summed E-state index contributed by atoms with van der Waals surface area (Å²) < 4.78 is 12.9. The number of hydrogen-bond acceptors (Lipinski definition) is 2. The van der Waals surface area contributed by atoms with Crippen LogP contribution in [-0.2, 0) is 6.54 Å². The second-order valence-corrected chi connectivity index (χ2v) is 4.93. The van der Waals surface area contributed by atoms with Gasteiger partial charge in [0.2, 0.25) is 0 Å². The number of rotatable bonds is 6. The van der Waals surface area contributed by atoms with E-state index in [2.05, 4.69) is 10.3 Å². The SMILES string of the molecule is Fc1cncc(CNCC2(CCCl)CC2)c1. The van der Waals surface area contributed by atoms with Crippen molar-refractivity contribution < 1.29 is 4.39 Å². The first-order valence-corrected chi connectivity index (χ1v) is 6.14. The lowest BCUT2D eigenvalue weighted by molar-refractivity contribution is 0.445. The van der Waals surface area contributed by atoms with Crippen LogP contribution in [-0.4, -0.2) is 17.4 Å². The van der Waals surface area contributed by atoms with Gasteiger partial charge in [-0.25, -0.2) is 4.39 Å². The van der Waals surface area contributed by atoms with E-state index in [4.69, 9.17) is 11.6 Å². The van der Waals surface area contributed by atoms with E-state index in [1.165, 1.54) is 25.1 Å². The number of nitrogens with one attached hydrogen (secondary N) is 1. The summed E-state index contributed by atoms with van der Waals surface area (Å²) in [5.41, 5.74) is 1.31. The molecule has 0 radical (unpaired) electrons. The minimum Gasteiger partial charge on any atom is -0.312 e. The van der Waals surface area contributed by atoms with Gasteiger partial charge in [-0.2, -0.15) is 0 Å². The van der Waals surface area contributed by atoms with Gasteiger partial charge in [0.25, 0.3) is 0 Å². The summed E-state index contributed by atoms with van der Waals surface area (Å²) in [6, 6.07) is 1.52. The molecule has 0 saturated heterocycles. The van der Waals surface area contributed by atoms with E-state index < -0.39 is 0 Å². The molecule has 0 aromatic carbocycles. The zero-order valence-corrected chi connectivity index (χ0v) is 9.93. The molecule has 0 unspecified atom stereocenters. The summed E-state index contributed by atoms with van der Waals surface area (Å²) in [6.45, 7) is 1.64. The minimum atomic E-state index is -0.277. The molecule has 0 atom stereocenters. The second kappa shape index (κ2) is 5.11.